The molecule has 0 unspecified atom stereocenters. The average molecular weight is 328 g/mol. The van der Waals surface area contributed by atoms with Gasteiger partial charge in [-0.1, -0.05) is 0 Å². The number of aryl methyl sites for hydroxylation is 1. The van der Waals surface area contributed by atoms with Crippen molar-refractivity contribution in [1.82, 2.24) is 9.21 Å². The molecule has 1 aliphatic rings. The zero-order chi connectivity index (χ0) is 16.5. The van der Waals surface area contributed by atoms with E-state index in [1.54, 1.807) is 25.9 Å². The van der Waals surface area contributed by atoms with Crippen molar-refractivity contribution in [2.24, 2.45) is 5.92 Å². The molecule has 0 aliphatic carbocycles. The van der Waals surface area contributed by atoms with Crippen LogP contribution in [0.4, 0.5) is 4.39 Å². The van der Waals surface area contributed by atoms with E-state index in [-0.39, 0.29) is 16.7 Å². The summed E-state index contributed by atoms with van der Waals surface area (Å²) in [6.07, 6.45) is 1.02. The molecule has 1 fully saturated rings. The summed E-state index contributed by atoms with van der Waals surface area (Å²) in [5.41, 5.74) is 0.395. The van der Waals surface area contributed by atoms with Gasteiger partial charge in [-0.25, -0.2) is 12.8 Å². The van der Waals surface area contributed by atoms with Crippen LogP contribution in [-0.4, -0.2) is 50.7 Å². The van der Waals surface area contributed by atoms with E-state index in [2.05, 4.69) is 0 Å². The second-order valence-corrected chi connectivity index (χ2v) is 7.73. The first kappa shape index (κ1) is 16.9. The predicted octanol–water partition coefficient (Wildman–Crippen LogP) is 1.62. The van der Waals surface area contributed by atoms with Crippen molar-refractivity contribution in [3.05, 3.63) is 29.6 Å². The lowest BCUT2D eigenvalue weighted by molar-refractivity contribution is -0.134. The van der Waals surface area contributed by atoms with Gasteiger partial charge in [-0.3, -0.25) is 4.79 Å². The van der Waals surface area contributed by atoms with E-state index in [1.807, 2.05) is 0 Å². The highest BCUT2D eigenvalue weighted by Crippen LogP contribution is 2.26. The van der Waals surface area contributed by atoms with Crippen LogP contribution in [0.15, 0.2) is 23.1 Å². The zero-order valence-electron chi connectivity index (χ0n) is 13.0. The van der Waals surface area contributed by atoms with Gasteiger partial charge in [-0.15, -0.1) is 0 Å². The molecular weight excluding hydrogens is 307 g/mol. The second-order valence-electron chi connectivity index (χ2n) is 5.82. The minimum Gasteiger partial charge on any atom is -0.349 e. The van der Waals surface area contributed by atoms with Gasteiger partial charge < -0.3 is 4.90 Å². The minimum absolute atomic E-state index is 0.0370. The molecular formula is C15H21FN2O3S. The second kappa shape index (κ2) is 6.34. The van der Waals surface area contributed by atoms with E-state index in [1.165, 1.54) is 16.4 Å². The Labute approximate surface area is 130 Å². The van der Waals surface area contributed by atoms with Gasteiger partial charge in [0.2, 0.25) is 15.9 Å². The van der Waals surface area contributed by atoms with Crippen molar-refractivity contribution in [1.29, 1.82) is 0 Å². The zero-order valence-corrected chi connectivity index (χ0v) is 13.9. The standard InChI is InChI=1S/C15H21FN2O3S/c1-11-10-13(16)4-5-14(11)22(20,21)18-8-6-12(7-9-18)15(19)17(2)3/h4-5,10,12H,6-9H2,1-3H3. The monoisotopic (exact) mass is 328 g/mol. The van der Waals surface area contributed by atoms with Crippen LogP contribution >= 0.6 is 0 Å². The number of amides is 1. The van der Waals surface area contributed by atoms with Crippen LogP contribution in [0.3, 0.4) is 0 Å². The third-order valence-electron chi connectivity index (χ3n) is 4.00. The number of piperidine rings is 1. The molecule has 1 saturated heterocycles. The SMILES string of the molecule is Cc1cc(F)ccc1S(=O)(=O)N1CCC(C(=O)N(C)C)CC1. The summed E-state index contributed by atoms with van der Waals surface area (Å²) >= 11 is 0. The van der Waals surface area contributed by atoms with Crippen LogP contribution in [0.2, 0.25) is 0 Å². The molecule has 22 heavy (non-hydrogen) atoms. The fourth-order valence-electron chi connectivity index (χ4n) is 2.75. The molecule has 2 rings (SSSR count). The molecule has 1 aromatic rings. The fourth-order valence-corrected chi connectivity index (χ4v) is 4.43. The van der Waals surface area contributed by atoms with Gasteiger partial charge in [-0.05, 0) is 43.5 Å². The molecule has 0 aromatic heterocycles. The topological polar surface area (TPSA) is 57.7 Å². The summed E-state index contributed by atoms with van der Waals surface area (Å²) in [6.45, 7) is 2.20. The van der Waals surface area contributed by atoms with E-state index in [9.17, 15) is 17.6 Å². The van der Waals surface area contributed by atoms with Crippen molar-refractivity contribution in [2.75, 3.05) is 27.2 Å². The maximum absolute atomic E-state index is 13.1. The normalized spacial score (nSPS) is 17.5. The lowest BCUT2D eigenvalue weighted by atomic mass is 9.97. The molecule has 1 aromatic carbocycles. The molecule has 1 amide bonds. The fraction of sp³-hybridized carbons (Fsp3) is 0.533. The number of benzene rings is 1. The number of halogens is 1. The Balaban J connectivity index is 2.14. The Morgan fingerprint density at radius 3 is 2.36 bits per heavy atom. The Morgan fingerprint density at radius 1 is 1.27 bits per heavy atom. The number of rotatable bonds is 3. The van der Waals surface area contributed by atoms with Crippen molar-refractivity contribution in [2.45, 2.75) is 24.7 Å². The molecule has 7 heteroatoms. The van der Waals surface area contributed by atoms with Crippen LogP contribution < -0.4 is 0 Å². The van der Waals surface area contributed by atoms with E-state index >= 15 is 0 Å². The van der Waals surface area contributed by atoms with Gasteiger partial charge in [0, 0.05) is 33.1 Å². The summed E-state index contributed by atoms with van der Waals surface area (Å²) in [5, 5.41) is 0. The van der Waals surface area contributed by atoms with Gasteiger partial charge in [0.05, 0.1) is 4.90 Å². The third-order valence-corrected chi connectivity index (χ3v) is 6.06. The molecule has 0 N–H and O–H groups in total. The van der Waals surface area contributed by atoms with E-state index in [0.717, 1.165) is 6.07 Å². The number of carbonyl (C=O) groups excluding carboxylic acids is 1. The van der Waals surface area contributed by atoms with Gasteiger partial charge >= 0.3 is 0 Å². The molecule has 5 nitrogen and oxygen atoms in total. The number of carbonyl (C=O) groups is 1. The van der Waals surface area contributed by atoms with Gasteiger partial charge in [0.25, 0.3) is 0 Å². The summed E-state index contributed by atoms with van der Waals surface area (Å²) < 4.78 is 39.8. The molecule has 0 bridgehead atoms. The Kier molecular flexibility index (Phi) is 4.87. The van der Waals surface area contributed by atoms with Gasteiger partial charge in [0.15, 0.2) is 0 Å². The molecule has 0 atom stereocenters. The molecule has 0 spiro atoms. The number of hydrogen-bond donors (Lipinski definition) is 0. The van der Waals surface area contributed by atoms with E-state index in [4.69, 9.17) is 0 Å². The third kappa shape index (κ3) is 3.30. The first-order valence-corrected chi connectivity index (χ1v) is 8.65. The van der Waals surface area contributed by atoms with Gasteiger partial charge in [0.1, 0.15) is 5.82 Å². The maximum Gasteiger partial charge on any atom is 0.243 e. The van der Waals surface area contributed by atoms with Crippen LogP contribution in [0.25, 0.3) is 0 Å². The largest absolute Gasteiger partial charge is 0.349 e. The van der Waals surface area contributed by atoms with E-state index in [0.29, 0.717) is 31.5 Å². The van der Waals surface area contributed by atoms with Crippen molar-refractivity contribution in [3.63, 3.8) is 0 Å². The average Bonchev–Trinajstić information content (AvgIpc) is 2.46. The lowest BCUT2D eigenvalue weighted by Crippen LogP contribution is -2.42. The number of sulfonamides is 1. The Morgan fingerprint density at radius 2 is 1.86 bits per heavy atom. The predicted molar refractivity (Wildman–Crippen MR) is 81.3 cm³/mol. The minimum atomic E-state index is -3.64. The summed E-state index contributed by atoms with van der Waals surface area (Å²) in [7, 11) is -0.234. The Bertz CT molecular complexity index is 665. The van der Waals surface area contributed by atoms with Crippen molar-refractivity contribution < 1.29 is 17.6 Å². The molecule has 0 saturated carbocycles. The van der Waals surface area contributed by atoms with Crippen LogP contribution in [0.5, 0.6) is 0 Å². The molecule has 1 aliphatic heterocycles. The number of hydrogen-bond acceptors (Lipinski definition) is 3. The lowest BCUT2D eigenvalue weighted by Gasteiger charge is -2.32. The number of nitrogens with zero attached hydrogens (tertiary/aromatic N) is 2. The highest BCUT2D eigenvalue weighted by Gasteiger charge is 2.33. The summed E-state index contributed by atoms with van der Waals surface area (Å²) in [5.74, 6) is -0.544. The smallest absolute Gasteiger partial charge is 0.243 e. The highest BCUT2D eigenvalue weighted by atomic mass is 32.2. The first-order chi connectivity index (χ1) is 10.2. The molecule has 0 radical (unpaired) electrons. The van der Waals surface area contributed by atoms with Crippen LogP contribution in [-0.2, 0) is 14.8 Å². The van der Waals surface area contributed by atoms with Crippen molar-refractivity contribution in [3.8, 4) is 0 Å². The van der Waals surface area contributed by atoms with Crippen LogP contribution in [0.1, 0.15) is 18.4 Å². The van der Waals surface area contributed by atoms with Crippen molar-refractivity contribution >= 4 is 15.9 Å². The van der Waals surface area contributed by atoms with E-state index < -0.39 is 15.8 Å². The van der Waals surface area contributed by atoms with Crippen LogP contribution in [0, 0.1) is 18.7 Å². The molecule has 122 valence electrons. The summed E-state index contributed by atoms with van der Waals surface area (Å²) in [6, 6.07) is 3.68. The molecule has 1 heterocycles. The Hall–Kier alpha value is -1.47. The highest BCUT2D eigenvalue weighted by molar-refractivity contribution is 7.89. The quantitative estimate of drug-likeness (QED) is 0.847. The first-order valence-electron chi connectivity index (χ1n) is 7.21. The van der Waals surface area contributed by atoms with Gasteiger partial charge in [-0.2, -0.15) is 4.31 Å². The maximum atomic E-state index is 13.1. The summed E-state index contributed by atoms with van der Waals surface area (Å²) in [4.78, 5) is 13.6.